The van der Waals surface area contributed by atoms with Crippen LogP contribution in [0.2, 0.25) is 0 Å². The molecule has 0 radical (unpaired) electrons. The average molecular weight is 468 g/mol. The highest BCUT2D eigenvalue weighted by atomic mass is 16.7. The minimum absolute atomic E-state index is 0.0804. The van der Waals surface area contributed by atoms with Crippen LogP contribution in [0.3, 0.4) is 0 Å². The van der Waals surface area contributed by atoms with Gasteiger partial charge in [0.2, 0.25) is 0 Å². The average Bonchev–Trinajstić information content (AvgIpc) is 2.76. The van der Waals surface area contributed by atoms with E-state index in [2.05, 4.69) is 5.32 Å². The molecule has 0 aliphatic carbocycles. The number of carbonyl (C=O) groups is 2. The highest BCUT2D eigenvalue weighted by Crippen LogP contribution is 2.43. The molecule has 34 heavy (non-hydrogen) atoms. The quantitative estimate of drug-likeness (QED) is 0.479. The predicted octanol–water partition coefficient (Wildman–Crippen LogP) is 5.98. The molecule has 8 heteroatoms. The van der Waals surface area contributed by atoms with Crippen LogP contribution in [0.4, 0.5) is 9.59 Å². The number of aryl methyl sites for hydroxylation is 1. The number of dihydropyridines is 1. The Kier molecular flexibility index (Phi) is 7.83. The Balaban J connectivity index is 2.01. The summed E-state index contributed by atoms with van der Waals surface area (Å²) in [5.41, 5.74) is 3.70. The summed E-state index contributed by atoms with van der Waals surface area (Å²) in [5.74, 6) is -0.109. The van der Waals surface area contributed by atoms with Crippen LogP contribution in [0.25, 0.3) is 0 Å². The normalized spacial score (nSPS) is 15.6. The summed E-state index contributed by atoms with van der Waals surface area (Å²) in [6, 6.07) is 15.1. The van der Waals surface area contributed by atoms with Crippen molar-refractivity contribution < 1.29 is 33.6 Å². The Labute approximate surface area is 198 Å². The van der Waals surface area contributed by atoms with Gasteiger partial charge in [-0.3, -0.25) is 0 Å². The molecular formula is C26H29NO7. The summed E-state index contributed by atoms with van der Waals surface area (Å²) < 4.78 is 22.0. The third kappa shape index (κ3) is 6.10. The molecule has 0 saturated carbocycles. The zero-order valence-corrected chi connectivity index (χ0v) is 19.9. The first kappa shape index (κ1) is 24.7. The molecule has 1 aliphatic rings. The van der Waals surface area contributed by atoms with Gasteiger partial charge in [-0.2, -0.15) is 0 Å². The molecular weight excluding hydrogens is 438 g/mol. The fraction of sp³-hybridized carbons (Fsp3) is 0.308. The second-order valence-corrected chi connectivity index (χ2v) is 8.24. The van der Waals surface area contributed by atoms with Crippen molar-refractivity contribution in [3.8, 4) is 5.75 Å². The molecule has 8 nitrogen and oxygen atoms in total. The van der Waals surface area contributed by atoms with Gasteiger partial charge in [0, 0.05) is 5.56 Å². The fourth-order valence-corrected chi connectivity index (χ4v) is 3.61. The van der Waals surface area contributed by atoms with Crippen molar-refractivity contribution in [2.45, 2.75) is 53.2 Å². The van der Waals surface area contributed by atoms with E-state index in [9.17, 15) is 14.7 Å². The molecule has 0 bridgehead atoms. The van der Waals surface area contributed by atoms with Gasteiger partial charge in [0.1, 0.15) is 29.8 Å². The predicted molar refractivity (Wildman–Crippen MR) is 125 cm³/mol. The monoisotopic (exact) mass is 467 g/mol. The molecule has 1 atom stereocenters. The van der Waals surface area contributed by atoms with Crippen LogP contribution >= 0.6 is 0 Å². The van der Waals surface area contributed by atoms with Crippen LogP contribution in [-0.2, 0) is 20.8 Å². The van der Waals surface area contributed by atoms with Gasteiger partial charge in [-0.25, -0.2) is 9.59 Å². The van der Waals surface area contributed by atoms with Crippen LogP contribution in [-0.4, -0.2) is 23.5 Å². The number of carboxylic acid groups (broad SMARTS) is 1. The van der Waals surface area contributed by atoms with Crippen molar-refractivity contribution in [2.24, 2.45) is 0 Å². The smallest absolute Gasteiger partial charge is 0.489 e. The molecule has 2 aromatic rings. The molecule has 2 N–H and O–H groups in total. The Morgan fingerprint density at radius 1 is 0.941 bits per heavy atom. The van der Waals surface area contributed by atoms with E-state index in [0.717, 1.165) is 11.1 Å². The third-order valence-electron chi connectivity index (χ3n) is 5.11. The molecule has 1 unspecified atom stereocenters. The van der Waals surface area contributed by atoms with Gasteiger partial charge in [0.25, 0.3) is 0 Å². The van der Waals surface area contributed by atoms with E-state index in [-0.39, 0.29) is 17.6 Å². The molecule has 1 aliphatic heterocycles. The topological polar surface area (TPSA) is 103 Å². The van der Waals surface area contributed by atoms with Gasteiger partial charge in [-0.1, -0.05) is 48.0 Å². The highest BCUT2D eigenvalue weighted by molar-refractivity contribution is 5.65. The molecule has 0 spiro atoms. The van der Waals surface area contributed by atoms with Gasteiger partial charge in [-0.15, -0.1) is 0 Å². The fourth-order valence-electron chi connectivity index (χ4n) is 3.61. The van der Waals surface area contributed by atoms with Crippen molar-refractivity contribution in [3.63, 3.8) is 0 Å². The maximum Gasteiger partial charge on any atom is 0.513 e. The SMILES string of the molecule is CC1=C(OC(=O)O)C(c2ccccc2OCc2ccc(C)cc2)C(OC(=O)OC(C)C)=C(C)N1. The lowest BCUT2D eigenvalue weighted by atomic mass is 9.90. The van der Waals surface area contributed by atoms with Crippen molar-refractivity contribution in [1.29, 1.82) is 0 Å². The first-order chi connectivity index (χ1) is 16.2. The number of carbonyl (C=O) groups excluding carboxylic acids is 1. The zero-order valence-electron chi connectivity index (χ0n) is 19.9. The summed E-state index contributed by atoms with van der Waals surface area (Å²) in [7, 11) is 0. The van der Waals surface area contributed by atoms with Crippen LogP contribution in [0.5, 0.6) is 5.75 Å². The molecule has 180 valence electrons. The summed E-state index contributed by atoms with van der Waals surface area (Å²) in [6.07, 6.45) is -2.77. The molecule has 0 aromatic heterocycles. The molecule has 3 rings (SSSR count). The molecule has 0 amide bonds. The van der Waals surface area contributed by atoms with Crippen LogP contribution in [0, 0.1) is 6.92 Å². The van der Waals surface area contributed by atoms with E-state index in [1.807, 2.05) is 37.3 Å². The summed E-state index contributed by atoms with van der Waals surface area (Å²) in [6.45, 7) is 9.13. The van der Waals surface area contributed by atoms with Crippen LogP contribution < -0.4 is 10.1 Å². The Bertz CT molecular complexity index is 1120. The van der Waals surface area contributed by atoms with E-state index in [4.69, 9.17) is 18.9 Å². The Hall–Kier alpha value is -3.94. The minimum Gasteiger partial charge on any atom is -0.489 e. The maximum absolute atomic E-state index is 12.4. The molecule has 1 heterocycles. The van der Waals surface area contributed by atoms with Gasteiger partial charge in [-0.05, 0) is 46.2 Å². The number of hydrogen-bond donors (Lipinski definition) is 2. The lowest BCUT2D eigenvalue weighted by Crippen LogP contribution is -2.29. The molecule has 0 saturated heterocycles. The van der Waals surface area contributed by atoms with Gasteiger partial charge >= 0.3 is 12.3 Å². The molecule has 2 aromatic carbocycles. The number of hydrogen-bond acceptors (Lipinski definition) is 7. The van der Waals surface area contributed by atoms with E-state index in [1.54, 1.807) is 45.9 Å². The van der Waals surface area contributed by atoms with Crippen molar-refractivity contribution >= 4 is 12.3 Å². The lowest BCUT2D eigenvalue weighted by Gasteiger charge is -2.31. The van der Waals surface area contributed by atoms with Crippen LogP contribution in [0.15, 0.2) is 71.4 Å². The maximum atomic E-state index is 12.4. The van der Waals surface area contributed by atoms with Crippen LogP contribution in [0.1, 0.15) is 50.3 Å². The lowest BCUT2D eigenvalue weighted by molar-refractivity contribution is 0.0474. The van der Waals surface area contributed by atoms with Gasteiger partial charge < -0.3 is 29.4 Å². The van der Waals surface area contributed by atoms with E-state index >= 15 is 0 Å². The summed E-state index contributed by atoms with van der Waals surface area (Å²) >= 11 is 0. The third-order valence-corrected chi connectivity index (χ3v) is 5.11. The number of benzene rings is 2. The van der Waals surface area contributed by atoms with E-state index < -0.39 is 18.2 Å². The first-order valence-electron chi connectivity index (χ1n) is 10.9. The summed E-state index contributed by atoms with van der Waals surface area (Å²) in [5, 5.41) is 12.4. The van der Waals surface area contributed by atoms with Crippen molar-refractivity contribution in [1.82, 2.24) is 5.32 Å². The minimum atomic E-state index is -1.48. The second kappa shape index (κ2) is 10.8. The highest BCUT2D eigenvalue weighted by Gasteiger charge is 2.37. The van der Waals surface area contributed by atoms with E-state index in [0.29, 0.717) is 29.3 Å². The molecule has 0 fully saturated rings. The van der Waals surface area contributed by atoms with Gasteiger partial charge in [0.05, 0.1) is 17.5 Å². The standard InChI is InChI=1S/C26H29NO7/c1-15(2)32-26(30)34-24-18(5)27-17(4)23(33-25(28)29)22(24)20-8-6-7-9-21(20)31-14-19-12-10-16(3)11-13-19/h6-13,15,22,27H,14H2,1-5H3,(H,28,29). The number of allylic oxidation sites excluding steroid dienone is 2. The van der Waals surface area contributed by atoms with Gasteiger partial charge in [0.15, 0.2) is 0 Å². The van der Waals surface area contributed by atoms with Crippen molar-refractivity contribution in [3.05, 3.63) is 88.1 Å². The largest absolute Gasteiger partial charge is 0.513 e. The summed E-state index contributed by atoms with van der Waals surface area (Å²) in [4.78, 5) is 23.9. The number of nitrogens with one attached hydrogen (secondary N) is 1. The number of para-hydroxylation sites is 1. The van der Waals surface area contributed by atoms with E-state index in [1.165, 1.54) is 0 Å². The Morgan fingerprint density at radius 3 is 2.18 bits per heavy atom. The second-order valence-electron chi connectivity index (χ2n) is 8.24. The number of rotatable bonds is 7. The zero-order chi connectivity index (χ0) is 24.8. The van der Waals surface area contributed by atoms with Crippen molar-refractivity contribution in [2.75, 3.05) is 0 Å². The number of ether oxygens (including phenoxy) is 4. The first-order valence-corrected chi connectivity index (χ1v) is 10.9. The Morgan fingerprint density at radius 2 is 1.56 bits per heavy atom.